The van der Waals surface area contributed by atoms with Gasteiger partial charge in [-0.05, 0) is 23.3 Å². The minimum atomic E-state index is 0.129. The van der Waals surface area contributed by atoms with Crippen molar-refractivity contribution in [1.29, 1.82) is 0 Å². The van der Waals surface area contributed by atoms with Crippen LogP contribution in [-0.4, -0.2) is 11.5 Å². The van der Waals surface area contributed by atoms with Crippen LogP contribution in [0.25, 0.3) is 22.0 Å². The molecular weight excluding hydrogens is 286 g/mol. The molecule has 0 N–H and O–H groups in total. The zero-order valence-corrected chi connectivity index (χ0v) is 11.9. The molecule has 0 aliphatic heterocycles. The topological polar surface area (TPSA) is 39.2 Å². The van der Waals surface area contributed by atoms with E-state index in [4.69, 9.17) is 16.3 Å². The lowest BCUT2D eigenvalue weighted by atomic mass is 10.0. The van der Waals surface area contributed by atoms with Crippen LogP contribution >= 0.6 is 11.6 Å². The Morgan fingerprint density at radius 1 is 1.10 bits per heavy atom. The second-order valence-electron chi connectivity index (χ2n) is 4.57. The molecule has 0 radical (unpaired) electrons. The highest BCUT2D eigenvalue weighted by atomic mass is 35.5. The number of fused-ring (bicyclic) bond motifs is 1. The lowest BCUT2D eigenvalue weighted by molar-refractivity contribution is -0.129. The number of aromatic nitrogens is 1. The van der Waals surface area contributed by atoms with Gasteiger partial charge in [-0.15, -0.1) is 0 Å². The highest BCUT2D eigenvalue weighted by molar-refractivity contribution is 6.35. The molecule has 0 bridgehead atoms. The summed E-state index contributed by atoms with van der Waals surface area (Å²) in [7, 11) is 0. The van der Waals surface area contributed by atoms with E-state index in [9.17, 15) is 4.79 Å². The van der Waals surface area contributed by atoms with Gasteiger partial charge in [0.25, 0.3) is 6.47 Å². The maximum absolute atomic E-state index is 10.4. The van der Waals surface area contributed by atoms with Crippen molar-refractivity contribution in [1.82, 2.24) is 4.98 Å². The normalized spacial score (nSPS) is 10.5. The number of nitrogens with zero attached hydrogens (tertiary/aromatic N) is 1. The van der Waals surface area contributed by atoms with Crippen molar-refractivity contribution in [3.05, 3.63) is 65.3 Å². The van der Waals surface area contributed by atoms with Gasteiger partial charge in [0.15, 0.2) is 0 Å². The Kier molecular flexibility index (Phi) is 3.84. The number of halogens is 1. The summed E-state index contributed by atoms with van der Waals surface area (Å²) >= 11 is 6.25. The molecule has 0 atom stereocenters. The van der Waals surface area contributed by atoms with Gasteiger partial charge in [0.1, 0.15) is 6.61 Å². The smallest absolute Gasteiger partial charge is 0.293 e. The monoisotopic (exact) mass is 297 g/mol. The standard InChI is InChI=1S/C17H12ClNO2/c18-16-8-4-7-14-15(12-5-2-1-3-6-12)9-13(10-21-11-20)19-17(14)16/h1-9,11H,10H2. The van der Waals surface area contributed by atoms with Crippen molar-refractivity contribution in [3.8, 4) is 11.1 Å². The van der Waals surface area contributed by atoms with Crippen LogP contribution in [0, 0.1) is 0 Å². The number of benzene rings is 2. The van der Waals surface area contributed by atoms with Crippen LogP contribution in [0.3, 0.4) is 0 Å². The van der Waals surface area contributed by atoms with Crippen molar-refractivity contribution in [2.45, 2.75) is 6.61 Å². The van der Waals surface area contributed by atoms with E-state index >= 15 is 0 Å². The zero-order chi connectivity index (χ0) is 14.7. The summed E-state index contributed by atoms with van der Waals surface area (Å²) in [5.41, 5.74) is 3.47. The Hall–Kier alpha value is -2.39. The van der Waals surface area contributed by atoms with E-state index in [2.05, 4.69) is 4.98 Å². The van der Waals surface area contributed by atoms with Crippen molar-refractivity contribution < 1.29 is 9.53 Å². The largest absolute Gasteiger partial charge is 0.461 e. The average molecular weight is 298 g/mol. The molecule has 21 heavy (non-hydrogen) atoms. The van der Waals surface area contributed by atoms with Gasteiger partial charge in [-0.2, -0.15) is 0 Å². The van der Waals surface area contributed by atoms with E-state index in [0.29, 0.717) is 22.7 Å². The van der Waals surface area contributed by atoms with Crippen LogP contribution in [0.5, 0.6) is 0 Å². The highest BCUT2D eigenvalue weighted by Gasteiger charge is 2.10. The molecule has 0 spiro atoms. The number of ether oxygens (including phenoxy) is 1. The first kappa shape index (κ1) is 13.6. The molecule has 2 aromatic carbocycles. The van der Waals surface area contributed by atoms with Gasteiger partial charge in [-0.3, -0.25) is 4.79 Å². The molecule has 0 saturated carbocycles. The second-order valence-corrected chi connectivity index (χ2v) is 4.98. The van der Waals surface area contributed by atoms with Crippen LogP contribution in [0.1, 0.15) is 5.69 Å². The minimum absolute atomic E-state index is 0.129. The van der Waals surface area contributed by atoms with Crippen molar-refractivity contribution in [3.63, 3.8) is 0 Å². The molecular formula is C17H12ClNO2. The fourth-order valence-electron chi connectivity index (χ4n) is 2.32. The first-order valence-electron chi connectivity index (χ1n) is 6.48. The molecule has 0 aliphatic carbocycles. The molecule has 4 heteroatoms. The summed E-state index contributed by atoms with van der Waals surface area (Å²) in [6.07, 6.45) is 0. The number of hydrogen-bond donors (Lipinski definition) is 0. The fraction of sp³-hybridized carbons (Fsp3) is 0.0588. The van der Waals surface area contributed by atoms with Gasteiger partial charge >= 0.3 is 0 Å². The summed E-state index contributed by atoms with van der Waals surface area (Å²) < 4.78 is 4.81. The summed E-state index contributed by atoms with van der Waals surface area (Å²) in [5, 5.41) is 1.56. The number of pyridine rings is 1. The first-order valence-corrected chi connectivity index (χ1v) is 6.86. The molecule has 0 aliphatic rings. The van der Waals surface area contributed by atoms with Gasteiger partial charge in [0.2, 0.25) is 0 Å². The molecule has 1 aromatic heterocycles. The molecule has 3 rings (SSSR count). The molecule has 104 valence electrons. The molecule has 1 heterocycles. The van der Waals surface area contributed by atoms with E-state index in [1.807, 2.05) is 48.5 Å². The van der Waals surface area contributed by atoms with E-state index < -0.39 is 0 Å². The van der Waals surface area contributed by atoms with Crippen molar-refractivity contribution >= 4 is 29.0 Å². The van der Waals surface area contributed by atoms with E-state index in [-0.39, 0.29) is 6.61 Å². The minimum Gasteiger partial charge on any atom is -0.461 e. The summed E-state index contributed by atoms with van der Waals surface area (Å²) in [4.78, 5) is 14.9. The van der Waals surface area contributed by atoms with Crippen LogP contribution in [-0.2, 0) is 16.1 Å². The lowest BCUT2D eigenvalue weighted by Crippen LogP contribution is -1.97. The van der Waals surface area contributed by atoms with E-state index in [1.54, 1.807) is 6.07 Å². The van der Waals surface area contributed by atoms with Gasteiger partial charge < -0.3 is 4.74 Å². The number of carbonyl (C=O) groups is 1. The van der Waals surface area contributed by atoms with Crippen LogP contribution < -0.4 is 0 Å². The summed E-state index contributed by atoms with van der Waals surface area (Å²) in [6, 6.07) is 17.6. The number of para-hydroxylation sites is 1. The Balaban J connectivity index is 2.25. The summed E-state index contributed by atoms with van der Waals surface area (Å²) in [6.45, 7) is 0.547. The Bertz CT molecular complexity index is 787. The highest BCUT2D eigenvalue weighted by Crippen LogP contribution is 2.32. The first-order chi connectivity index (χ1) is 10.3. The van der Waals surface area contributed by atoms with Crippen LogP contribution in [0.4, 0.5) is 0 Å². The number of hydrogen-bond acceptors (Lipinski definition) is 3. The molecule has 0 amide bonds. The number of rotatable bonds is 4. The summed E-state index contributed by atoms with van der Waals surface area (Å²) in [5.74, 6) is 0. The maximum Gasteiger partial charge on any atom is 0.293 e. The third kappa shape index (κ3) is 2.73. The molecule has 0 fully saturated rings. The molecule has 3 aromatic rings. The third-order valence-corrected chi connectivity index (χ3v) is 3.53. The van der Waals surface area contributed by atoms with Gasteiger partial charge in [0.05, 0.1) is 16.2 Å². The van der Waals surface area contributed by atoms with Gasteiger partial charge in [0, 0.05) is 5.39 Å². The Labute approximate surface area is 127 Å². The predicted molar refractivity (Wildman–Crippen MR) is 83.0 cm³/mol. The van der Waals surface area contributed by atoms with Crippen molar-refractivity contribution in [2.24, 2.45) is 0 Å². The number of carbonyl (C=O) groups excluding carboxylic acids is 1. The SMILES string of the molecule is O=COCc1cc(-c2ccccc2)c2cccc(Cl)c2n1. The quantitative estimate of drug-likeness (QED) is 0.677. The van der Waals surface area contributed by atoms with Crippen LogP contribution in [0.2, 0.25) is 5.02 Å². The maximum atomic E-state index is 10.4. The zero-order valence-electron chi connectivity index (χ0n) is 11.1. The molecule has 0 saturated heterocycles. The second kappa shape index (κ2) is 5.94. The van der Waals surface area contributed by atoms with Gasteiger partial charge in [-0.1, -0.05) is 54.1 Å². The van der Waals surface area contributed by atoms with E-state index in [0.717, 1.165) is 16.5 Å². The Morgan fingerprint density at radius 2 is 1.90 bits per heavy atom. The molecule has 3 nitrogen and oxygen atoms in total. The van der Waals surface area contributed by atoms with Crippen LogP contribution in [0.15, 0.2) is 54.6 Å². The molecule has 0 unspecified atom stereocenters. The van der Waals surface area contributed by atoms with Gasteiger partial charge in [-0.25, -0.2) is 4.98 Å². The Morgan fingerprint density at radius 3 is 2.67 bits per heavy atom. The third-order valence-electron chi connectivity index (χ3n) is 3.23. The lowest BCUT2D eigenvalue weighted by Gasteiger charge is -2.10. The predicted octanol–water partition coefficient (Wildman–Crippen LogP) is 4.23. The van der Waals surface area contributed by atoms with E-state index in [1.165, 1.54) is 0 Å². The fourth-order valence-corrected chi connectivity index (χ4v) is 2.53. The van der Waals surface area contributed by atoms with Crippen molar-refractivity contribution in [2.75, 3.05) is 0 Å². The average Bonchev–Trinajstić information content (AvgIpc) is 2.54.